The third-order valence-corrected chi connectivity index (χ3v) is 3.38. The van der Waals surface area contributed by atoms with Crippen molar-refractivity contribution in [3.8, 4) is 0 Å². The molecular formula is C18H35NO. The Hall–Kier alpha value is -0.760. The smallest absolute Gasteiger partial charge is 0.0996 e. The van der Waals surface area contributed by atoms with Gasteiger partial charge in [0.1, 0.15) is 0 Å². The van der Waals surface area contributed by atoms with Gasteiger partial charge < -0.3 is 9.64 Å². The van der Waals surface area contributed by atoms with Gasteiger partial charge in [-0.2, -0.15) is 0 Å². The number of hydrogen-bond acceptors (Lipinski definition) is 2. The fraction of sp³-hybridized carbons (Fsp3) is 0.778. The van der Waals surface area contributed by atoms with Crippen molar-refractivity contribution in [2.45, 2.75) is 66.7 Å². The molecule has 0 saturated heterocycles. The van der Waals surface area contributed by atoms with Crippen LogP contribution in [0.2, 0.25) is 0 Å². The van der Waals surface area contributed by atoms with Crippen molar-refractivity contribution in [3.05, 3.63) is 23.0 Å². The van der Waals surface area contributed by atoms with E-state index in [2.05, 4.69) is 38.8 Å². The molecule has 0 saturated carbocycles. The minimum Gasteiger partial charge on any atom is -0.497 e. The van der Waals surface area contributed by atoms with Crippen LogP contribution >= 0.6 is 0 Å². The van der Waals surface area contributed by atoms with Crippen LogP contribution in [-0.4, -0.2) is 31.6 Å². The van der Waals surface area contributed by atoms with Gasteiger partial charge in [0.15, 0.2) is 0 Å². The average Bonchev–Trinajstić information content (AvgIpc) is 2.89. The van der Waals surface area contributed by atoms with Crippen LogP contribution < -0.4 is 0 Å². The summed E-state index contributed by atoms with van der Waals surface area (Å²) in [5, 5.41) is 0. The predicted molar refractivity (Wildman–Crippen MR) is 90.0 cm³/mol. The van der Waals surface area contributed by atoms with E-state index in [0.717, 1.165) is 19.4 Å². The highest BCUT2D eigenvalue weighted by Gasteiger charge is 2.17. The van der Waals surface area contributed by atoms with Crippen molar-refractivity contribution in [3.63, 3.8) is 0 Å². The molecule has 0 aromatic heterocycles. The van der Waals surface area contributed by atoms with Crippen molar-refractivity contribution in [1.29, 1.82) is 0 Å². The van der Waals surface area contributed by atoms with E-state index in [1.807, 2.05) is 13.8 Å². The van der Waals surface area contributed by atoms with Gasteiger partial charge in [-0.1, -0.05) is 39.3 Å². The second-order valence-corrected chi connectivity index (χ2v) is 5.34. The minimum atomic E-state index is 0.911. The molecule has 0 atom stereocenters. The summed E-state index contributed by atoms with van der Waals surface area (Å²) in [6.45, 7) is 14.0. The van der Waals surface area contributed by atoms with E-state index >= 15 is 0 Å². The van der Waals surface area contributed by atoms with E-state index in [-0.39, 0.29) is 0 Å². The van der Waals surface area contributed by atoms with E-state index in [9.17, 15) is 0 Å². The highest BCUT2D eigenvalue weighted by atomic mass is 16.5. The molecule has 2 rings (SSSR count). The second-order valence-electron chi connectivity index (χ2n) is 5.34. The molecule has 20 heavy (non-hydrogen) atoms. The summed E-state index contributed by atoms with van der Waals surface area (Å²) in [6, 6.07) is 0. The average molecular weight is 281 g/mol. The molecule has 0 aromatic carbocycles. The lowest BCUT2D eigenvalue weighted by Gasteiger charge is -2.12. The van der Waals surface area contributed by atoms with Crippen LogP contribution in [0.5, 0.6) is 0 Å². The van der Waals surface area contributed by atoms with E-state index in [1.54, 1.807) is 0 Å². The molecule has 0 unspecified atom stereocenters. The number of hydrogen-bond donors (Lipinski definition) is 0. The van der Waals surface area contributed by atoms with Gasteiger partial charge in [0.2, 0.25) is 0 Å². The lowest BCUT2D eigenvalue weighted by atomic mass is 9.99. The first-order chi connectivity index (χ1) is 9.67. The quantitative estimate of drug-likeness (QED) is 0.705. The van der Waals surface area contributed by atoms with Crippen LogP contribution in [0.25, 0.3) is 0 Å². The van der Waals surface area contributed by atoms with Gasteiger partial charge in [-0.25, -0.2) is 0 Å². The van der Waals surface area contributed by atoms with Gasteiger partial charge >= 0.3 is 0 Å². The molecule has 1 heterocycles. The third-order valence-electron chi connectivity index (χ3n) is 3.38. The second kappa shape index (κ2) is 12.0. The summed E-state index contributed by atoms with van der Waals surface area (Å²) in [5.41, 5.74) is 2.95. The Balaban J connectivity index is 0.000000330. The van der Waals surface area contributed by atoms with Gasteiger partial charge in [-0.3, -0.25) is 0 Å². The zero-order valence-corrected chi connectivity index (χ0v) is 14.6. The normalized spacial score (nSPS) is 16.4. The Morgan fingerprint density at radius 1 is 1.05 bits per heavy atom. The van der Waals surface area contributed by atoms with Crippen molar-refractivity contribution in [1.82, 2.24) is 4.90 Å². The first kappa shape index (κ1) is 19.2. The Kier molecular flexibility index (Phi) is 11.6. The maximum absolute atomic E-state index is 5.44. The van der Waals surface area contributed by atoms with E-state index in [4.69, 9.17) is 4.74 Å². The Labute approximate surface area is 126 Å². The van der Waals surface area contributed by atoms with Crippen LogP contribution in [0.1, 0.15) is 66.7 Å². The molecule has 2 heteroatoms. The molecule has 0 bridgehead atoms. The Morgan fingerprint density at radius 2 is 1.65 bits per heavy atom. The topological polar surface area (TPSA) is 12.5 Å². The third kappa shape index (κ3) is 7.74. The fourth-order valence-corrected chi connectivity index (χ4v) is 2.46. The number of allylic oxidation sites excluding steroid dienone is 3. The molecule has 2 aliphatic rings. The maximum atomic E-state index is 5.44. The first-order valence-corrected chi connectivity index (χ1v) is 8.37. The summed E-state index contributed by atoms with van der Waals surface area (Å²) < 4.78 is 5.44. The van der Waals surface area contributed by atoms with Gasteiger partial charge in [0.25, 0.3) is 0 Å². The highest BCUT2D eigenvalue weighted by molar-refractivity contribution is 5.32. The molecule has 1 aliphatic heterocycles. The lowest BCUT2D eigenvalue weighted by Crippen LogP contribution is -2.19. The van der Waals surface area contributed by atoms with Crippen molar-refractivity contribution in [2.75, 3.05) is 26.7 Å². The van der Waals surface area contributed by atoms with Crippen molar-refractivity contribution >= 4 is 0 Å². The Morgan fingerprint density at radius 3 is 2.20 bits per heavy atom. The zero-order chi connectivity index (χ0) is 15.4. The SMILES string of the molecule is CC.CC1=CC2=C(CC1)OCC2.CCCN(C)CCC. The molecule has 0 spiro atoms. The monoisotopic (exact) mass is 281 g/mol. The minimum absolute atomic E-state index is 0.911. The van der Waals surface area contributed by atoms with E-state index < -0.39 is 0 Å². The van der Waals surface area contributed by atoms with Gasteiger partial charge in [-0.15, -0.1) is 0 Å². The number of rotatable bonds is 4. The van der Waals surface area contributed by atoms with Crippen molar-refractivity contribution in [2.24, 2.45) is 0 Å². The van der Waals surface area contributed by atoms with Crippen LogP contribution in [0.3, 0.4) is 0 Å². The summed E-state index contributed by atoms with van der Waals surface area (Å²) >= 11 is 0. The summed E-state index contributed by atoms with van der Waals surface area (Å²) in [4.78, 5) is 2.36. The zero-order valence-electron chi connectivity index (χ0n) is 14.6. The number of nitrogens with zero attached hydrogens (tertiary/aromatic N) is 1. The van der Waals surface area contributed by atoms with Crippen LogP contribution in [0, 0.1) is 0 Å². The molecule has 0 aromatic rings. The van der Waals surface area contributed by atoms with E-state index in [1.165, 1.54) is 49.3 Å². The standard InChI is InChI=1S/C9H12O.C7H17N.C2H6/c1-7-2-3-9-8(6-7)4-5-10-9;1-4-6-8(3)7-5-2;1-2/h6H,2-5H2,1H3;4-7H2,1-3H3;1-2H3. The molecule has 0 N–H and O–H groups in total. The van der Waals surface area contributed by atoms with Crippen LogP contribution in [-0.2, 0) is 4.74 Å². The highest BCUT2D eigenvalue weighted by Crippen LogP contribution is 2.30. The molecule has 0 fully saturated rings. The van der Waals surface area contributed by atoms with Gasteiger partial charge in [0, 0.05) is 12.8 Å². The Bertz CT molecular complexity index is 299. The van der Waals surface area contributed by atoms with Gasteiger partial charge in [0.05, 0.1) is 12.4 Å². The lowest BCUT2D eigenvalue weighted by molar-refractivity contribution is 0.234. The largest absolute Gasteiger partial charge is 0.497 e. The van der Waals surface area contributed by atoms with Crippen molar-refractivity contribution < 1.29 is 4.74 Å². The van der Waals surface area contributed by atoms with E-state index in [0.29, 0.717) is 0 Å². The van der Waals surface area contributed by atoms with Crippen LogP contribution in [0.4, 0.5) is 0 Å². The summed E-state index contributed by atoms with van der Waals surface area (Å²) in [6.07, 6.45) is 8.29. The molecule has 0 radical (unpaired) electrons. The molecule has 118 valence electrons. The summed E-state index contributed by atoms with van der Waals surface area (Å²) in [5.74, 6) is 1.26. The first-order valence-electron chi connectivity index (χ1n) is 8.37. The van der Waals surface area contributed by atoms with Gasteiger partial charge in [-0.05, 0) is 51.9 Å². The molecule has 2 nitrogen and oxygen atoms in total. The van der Waals surface area contributed by atoms with Crippen LogP contribution in [0.15, 0.2) is 23.0 Å². The number of ether oxygens (including phenoxy) is 1. The predicted octanol–water partition coefficient (Wildman–Crippen LogP) is 5.17. The summed E-state index contributed by atoms with van der Waals surface area (Å²) in [7, 11) is 2.17. The fourth-order valence-electron chi connectivity index (χ4n) is 2.46. The molecule has 0 amide bonds. The molecular weight excluding hydrogens is 246 g/mol. The molecule has 1 aliphatic carbocycles. The maximum Gasteiger partial charge on any atom is 0.0996 e.